The number of carbonyl (C=O) groups excluding carboxylic acids is 1. The summed E-state index contributed by atoms with van der Waals surface area (Å²) in [5, 5.41) is 0.382. The fourth-order valence-corrected chi connectivity index (χ4v) is 4.19. The van der Waals surface area contributed by atoms with E-state index in [1.54, 1.807) is 31.2 Å². The van der Waals surface area contributed by atoms with Gasteiger partial charge < -0.3 is 0 Å². The maximum Gasteiger partial charge on any atom is 0.268 e. The number of benzene rings is 2. The van der Waals surface area contributed by atoms with Gasteiger partial charge in [-0.1, -0.05) is 18.2 Å². The van der Waals surface area contributed by atoms with Crippen molar-refractivity contribution in [3.05, 3.63) is 65.6 Å². The number of rotatable bonds is 3. The standard InChI is InChI=1S/C17H14FNO3S/c1-11-8-14-9-13(12(2)20)10-16(18)17(14)19(11)23(21,22)15-6-4-3-5-7-15/h3-10H,1-2H3. The van der Waals surface area contributed by atoms with Gasteiger partial charge in [-0.2, -0.15) is 0 Å². The molecule has 0 amide bonds. The maximum absolute atomic E-state index is 14.5. The van der Waals surface area contributed by atoms with Crippen molar-refractivity contribution in [3.63, 3.8) is 0 Å². The molecule has 0 saturated carbocycles. The second-order valence-electron chi connectivity index (χ2n) is 5.32. The van der Waals surface area contributed by atoms with Gasteiger partial charge in [0.1, 0.15) is 11.3 Å². The summed E-state index contributed by atoms with van der Waals surface area (Å²) in [7, 11) is -3.92. The van der Waals surface area contributed by atoms with Crippen LogP contribution in [0.4, 0.5) is 4.39 Å². The van der Waals surface area contributed by atoms with Crippen LogP contribution >= 0.6 is 0 Å². The molecule has 2 aromatic carbocycles. The average Bonchev–Trinajstić information content (AvgIpc) is 2.85. The van der Waals surface area contributed by atoms with Gasteiger partial charge in [-0.05, 0) is 44.2 Å². The van der Waals surface area contributed by atoms with E-state index < -0.39 is 15.8 Å². The van der Waals surface area contributed by atoms with E-state index in [0.29, 0.717) is 11.1 Å². The zero-order chi connectivity index (χ0) is 16.8. The molecule has 1 aromatic heterocycles. The Labute approximate surface area is 133 Å². The van der Waals surface area contributed by atoms with Gasteiger partial charge in [-0.3, -0.25) is 4.79 Å². The lowest BCUT2D eigenvalue weighted by Gasteiger charge is -2.10. The highest BCUT2D eigenvalue weighted by Gasteiger charge is 2.24. The lowest BCUT2D eigenvalue weighted by atomic mass is 10.1. The van der Waals surface area contributed by atoms with E-state index in [1.165, 1.54) is 25.1 Å². The maximum atomic E-state index is 14.5. The Morgan fingerprint density at radius 3 is 2.35 bits per heavy atom. The number of ketones is 1. The van der Waals surface area contributed by atoms with Crippen molar-refractivity contribution in [2.75, 3.05) is 0 Å². The monoisotopic (exact) mass is 331 g/mol. The summed E-state index contributed by atoms with van der Waals surface area (Å²) >= 11 is 0. The first kappa shape index (κ1) is 15.4. The molecule has 23 heavy (non-hydrogen) atoms. The van der Waals surface area contributed by atoms with Crippen LogP contribution in [-0.4, -0.2) is 18.2 Å². The molecule has 4 nitrogen and oxygen atoms in total. The molecule has 0 fully saturated rings. The Morgan fingerprint density at radius 2 is 1.74 bits per heavy atom. The van der Waals surface area contributed by atoms with Crippen molar-refractivity contribution < 1.29 is 17.6 Å². The fraction of sp³-hybridized carbons (Fsp3) is 0.118. The highest BCUT2D eigenvalue weighted by molar-refractivity contribution is 7.90. The smallest absolute Gasteiger partial charge is 0.268 e. The van der Waals surface area contributed by atoms with Crippen LogP contribution < -0.4 is 0 Å². The van der Waals surface area contributed by atoms with Gasteiger partial charge in [0.15, 0.2) is 5.78 Å². The van der Waals surface area contributed by atoms with E-state index >= 15 is 0 Å². The summed E-state index contributed by atoms with van der Waals surface area (Å²) in [5.74, 6) is -1.01. The molecular formula is C17H14FNO3S. The average molecular weight is 331 g/mol. The Bertz CT molecular complexity index is 1020. The number of hydrogen-bond acceptors (Lipinski definition) is 3. The lowest BCUT2D eigenvalue weighted by Crippen LogP contribution is -2.15. The third kappa shape index (κ3) is 2.45. The molecule has 0 aliphatic carbocycles. The molecule has 118 valence electrons. The van der Waals surface area contributed by atoms with Crippen LogP contribution in [0.25, 0.3) is 10.9 Å². The molecule has 0 radical (unpaired) electrons. The molecule has 6 heteroatoms. The Morgan fingerprint density at radius 1 is 1.09 bits per heavy atom. The summed E-state index contributed by atoms with van der Waals surface area (Å²) < 4.78 is 41.1. The topological polar surface area (TPSA) is 56.1 Å². The molecule has 3 aromatic rings. The number of halogens is 1. The van der Waals surface area contributed by atoms with Gasteiger partial charge in [-0.15, -0.1) is 0 Å². The molecule has 0 unspecified atom stereocenters. The summed E-state index contributed by atoms with van der Waals surface area (Å²) in [6.07, 6.45) is 0. The van der Waals surface area contributed by atoms with E-state index in [4.69, 9.17) is 0 Å². The number of fused-ring (bicyclic) bond motifs is 1. The highest BCUT2D eigenvalue weighted by atomic mass is 32.2. The van der Waals surface area contributed by atoms with Crippen LogP contribution in [0.15, 0.2) is 53.4 Å². The van der Waals surface area contributed by atoms with Crippen LogP contribution in [-0.2, 0) is 10.0 Å². The first-order chi connectivity index (χ1) is 10.8. The zero-order valence-corrected chi connectivity index (χ0v) is 13.4. The summed E-state index contributed by atoms with van der Waals surface area (Å²) in [5.41, 5.74) is 0.545. The SMILES string of the molecule is CC(=O)c1cc(F)c2c(c1)cc(C)n2S(=O)(=O)c1ccccc1. The zero-order valence-electron chi connectivity index (χ0n) is 12.6. The molecule has 1 heterocycles. The molecule has 0 saturated heterocycles. The third-order valence-electron chi connectivity index (χ3n) is 3.67. The molecule has 0 aliphatic heterocycles. The van der Waals surface area contributed by atoms with Crippen LogP contribution in [0.1, 0.15) is 23.0 Å². The van der Waals surface area contributed by atoms with Crippen LogP contribution in [0, 0.1) is 12.7 Å². The molecular weight excluding hydrogens is 317 g/mol. The Kier molecular flexibility index (Phi) is 3.56. The number of aryl methyl sites for hydroxylation is 1. The van der Waals surface area contributed by atoms with Gasteiger partial charge in [0.05, 0.1) is 4.90 Å². The predicted octanol–water partition coefficient (Wildman–Crippen LogP) is 3.53. The Hall–Kier alpha value is -2.47. The minimum atomic E-state index is -3.92. The van der Waals surface area contributed by atoms with Crippen molar-refractivity contribution in [3.8, 4) is 0 Å². The van der Waals surface area contributed by atoms with Gasteiger partial charge in [0, 0.05) is 16.6 Å². The Balaban J connectivity index is 2.35. The fourth-order valence-electron chi connectivity index (χ4n) is 2.62. The second kappa shape index (κ2) is 5.31. The molecule has 3 rings (SSSR count). The van der Waals surface area contributed by atoms with Gasteiger partial charge >= 0.3 is 0 Å². The number of aromatic nitrogens is 1. The van der Waals surface area contributed by atoms with Gasteiger partial charge in [0.25, 0.3) is 10.0 Å². The van der Waals surface area contributed by atoms with E-state index in [-0.39, 0.29) is 21.8 Å². The highest BCUT2D eigenvalue weighted by Crippen LogP contribution is 2.28. The summed E-state index contributed by atoms with van der Waals surface area (Å²) in [6, 6.07) is 12.0. The van der Waals surface area contributed by atoms with Gasteiger partial charge in [0.2, 0.25) is 0 Å². The first-order valence-corrected chi connectivity index (χ1v) is 8.39. The molecule has 0 spiro atoms. The first-order valence-electron chi connectivity index (χ1n) is 6.95. The van der Waals surface area contributed by atoms with E-state index in [0.717, 1.165) is 10.0 Å². The van der Waals surface area contributed by atoms with Crippen LogP contribution in [0.2, 0.25) is 0 Å². The van der Waals surface area contributed by atoms with Crippen molar-refractivity contribution >= 4 is 26.7 Å². The van der Waals surface area contributed by atoms with Crippen molar-refractivity contribution in [2.24, 2.45) is 0 Å². The number of carbonyl (C=O) groups is 1. The molecule has 0 N–H and O–H groups in total. The van der Waals surface area contributed by atoms with E-state index in [9.17, 15) is 17.6 Å². The largest absolute Gasteiger partial charge is 0.295 e. The van der Waals surface area contributed by atoms with Crippen LogP contribution in [0.5, 0.6) is 0 Å². The van der Waals surface area contributed by atoms with Crippen molar-refractivity contribution in [1.29, 1.82) is 0 Å². The molecule has 0 bridgehead atoms. The minimum absolute atomic E-state index is 0.0450. The predicted molar refractivity (Wildman–Crippen MR) is 85.7 cm³/mol. The lowest BCUT2D eigenvalue weighted by molar-refractivity contribution is 0.101. The normalized spacial score (nSPS) is 11.8. The molecule has 0 atom stereocenters. The van der Waals surface area contributed by atoms with Crippen molar-refractivity contribution in [2.45, 2.75) is 18.7 Å². The number of nitrogens with zero attached hydrogens (tertiary/aromatic N) is 1. The quantitative estimate of drug-likeness (QED) is 0.690. The van der Waals surface area contributed by atoms with Crippen molar-refractivity contribution in [1.82, 2.24) is 3.97 Å². The van der Waals surface area contributed by atoms with Crippen LogP contribution in [0.3, 0.4) is 0 Å². The second-order valence-corrected chi connectivity index (χ2v) is 7.11. The minimum Gasteiger partial charge on any atom is -0.295 e. The number of Topliss-reactive ketones (excluding diaryl/α,β-unsaturated/α-hetero) is 1. The third-order valence-corrected chi connectivity index (χ3v) is 5.49. The summed E-state index contributed by atoms with van der Waals surface area (Å²) in [6.45, 7) is 2.93. The van der Waals surface area contributed by atoms with Gasteiger partial charge in [-0.25, -0.2) is 16.8 Å². The molecule has 0 aliphatic rings. The van der Waals surface area contributed by atoms with E-state index in [1.807, 2.05) is 0 Å². The number of hydrogen-bond donors (Lipinski definition) is 0. The van der Waals surface area contributed by atoms with E-state index in [2.05, 4.69) is 0 Å². The summed E-state index contributed by atoms with van der Waals surface area (Å²) in [4.78, 5) is 11.5.